The van der Waals surface area contributed by atoms with Crippen molar-refractivity contribution in [2.45, 2.75) is 20.4 Å². The number of nitrogens with zero attached hydrogens (tertiary/aromatic N) is 1. The van der Waals surface area contributed by atoms with Crippen molar-refractivity contribution in [1.29, 1.82) is 0 Å². The van der Waals surface area contributed by atoms with E-state index in [-0.39, 0.29) is 12.5 Å². The van der Waals surface area contributed by atoms with Gasteiger partial charge < -0.3 is 4.74 Å². The van der Waals surface area contributed by atoms with E-state index in [1.165, 1.54) is 0 Å². The molecule has 0 fully saturated rings. The lowest BCUT2D eigenvalue weighted by Gasteiger charge is -2.20. The number of ether oxygens (including phenoxy) is 1. The van der Waals surface area contributed by atoms with Crippen molar-refractivity contribution in [3.8, 4) is 0 Å². The number of benzene rings is 1. The third-order valence-electron chi connectivity index (χ3n) is 2.51. The Morgan fingerprint density at radius 3 is 2.61 bits per heavy atom. The summed E-state index contributed by atoms with van der Waals surface area (Å²) in [6.07, 6.45) is 0. The quantitative estimate of drug-likeness (QED) is 0.752. The maximum atomic E-state index is 11.4. The van der Waals surface area contributed by atoms with E-state index in [0.717, 1.165) is 12.1 Å². The van der Waals surface area contributed by atoms with Crippen LogP contribution in [0.15, 0.2) is 18.2 Å². The van der Waals surface area contributed by atoms with Gasteiger partial charge in [-0.3, -0.25) is 9.69 Å². The summed E-state index contributed by atoms with van der Waals surface area (Å²) in [5.41, 5.74) is 0.951. The van der Waals surface area contributed by atoms with Gasteiger partial charge in [0, 0.05) is 16.6 Å². The van der Waals surface area contributed by atoms with Crippen LogP contribution >= 0.6 is 23.2 Å². The molecule has 0 spiro atoms. The lowest BCUT2D eigenvalue weighted by molar-refractivity contribution is -0.144. The Hall–Kier alpha value is -0.770. The van der Waals surface area contributed by atoms with E-state index >= 15 is 0 Å². The van der Waals surface area contributed by atoms with Crippen LogP contribution in [0.3, 0.4) is 0 Å². The fraction of sp³-hybridized carbons (Fsp3) is 0.462. The number of rotatable bonds is 6. The molecule has 1 rings (SSSR count). The Labute approximate surface area is 118 Å². The number of esters is 1. The Balaban J connectivity index is 2.65. The molecule has 0 unspecified atom stereocenters. The van der Waals surface area contributed by atoms with Gasteiger partial charge in [-0.25, -0.2) is 0 Å². The van der Waals surface area contributed by atoms with E-state index in [1.54, 1.807) is 19.1 Å². The van der Waals surface area contributed by atoms with Gasteiger partial charge in [0.25, 0.3) is 0 Å². The van der Waals surface area contributed by atoms with Gasteiger partial charge in [0.1, 0.15) is 0 Å². The van der Waals surface area contributed by atoms with Gasteiger partial charge in [0.15, 0.2) is 0 Å². The standard InChI is InChI=1S/C13H17Cl2NO2/c1-3-16(9-13(17)18-4-2)8-10-5-6-11(14)7-12(10)15/h5-7H,3-4,8-9H2,1-2H3. The second-order valence-electron chi connectivity index (χ2n) is 3.84. The molecular formula is C13H17Cl2NO2. The molecule has 1 aromatic carbocycles. The topological polar surface area (TPSA) is 29.5 Å². The summed E-state index contributed by atoms with van der Waals surface area (Å²) in [5.74, 6) is -0.218. The lowest BCUT2D eigenvalue weighted by Crippen LogP contribution is -2.30. The van der Waals surface area contributed by atoms with Crippen LogP contribution in [0, 0.1) is 0 Å². The fourth-order valence-corrected chi connectivity index (χ4v) is 2.03. The van der Waals surface area contributed by atoms with Crippen molar-refractivity contribution in [3.63, 3.8) is 0 Å². The molecule has 0 atom stereocenters. The smallest absolute Gasteiger partial charge is 0.320 e. The molecule has 0 aliphatic carbocycles. The van der Waals surface area contributed by atoms with E-state index in [9.17, 15) is 4.79 Å². The Morgan fingerprint density at radius 2 is 2.06 bits per heavy atom. The van der Waals surface area contributed by atoms with Gasteiger partial charge >= 0.3 is 5.97 Å². The Kier molecular flexibility index (Phi) is 6.47. The van der Waals surface area contributed by atoms with Crippen molar-refractivity contribution in [1.82, 2.24) is 4.90 Å². The fourth-order valence-electron chi connectivity index (χ4n) is 1.56. The minimum atomic E-state index is -0.218. The van der Waals surface area contributed by atoms with Gasteiger partial charge in [0.2, 0.25) is 0 Å². The van der Waals surface area contributed by atoms with Crippen LogP contribution in [0.4, 0.5) is 0 Å². The normalized spacial score (nSPS) is 10.7. The second-order valence-corrected chi connectivity index (χ2v) is 4.69. The van der Waals surface area contributed by atoms with E-state index in [4.69, 9.17) is 27.9 Å². The number of halogens is 2. The van der Waals surface area contributed by atoms with Crippen LogP contribution in [0.5, 0.6) is 0 Å². The first-order chi connectivity index (χ1) is 8.56. The summed E-state index contributed by atoms with van der Waals surface area (Å²) in [4.78, 5) is 13.4. The molecule has 0 saturated heterocycles. The van der Waals surface area contributed by atoms with Gasteiger partial charge in [-0.15, -0.1) is 0 Å². The molecule has 0 heterocycles. The summed E-state index contributed by atoms with van der Waals surface area (Å²) in [5, 5.41) is 1.22. The Bertz CT molecular complexity index is 410. The number of hydrogen-bond donors (Lipinski definition) is 0. The molecule has 0 aliphatic rings. The van der Waals surface area contributed by atoms with E-state index in [1.807, 2.05) is 17.9 Å². The number of carbonyl (C=O) groups is 1. The molecule has 0 saturated carbocycles. The largest absolute Gasteiger partial charge is 0.465 e. The summed E-state index contributed by atoms with van der Waals surface area (Å²) in [6, 6.07) is 5.37. The maximum Gasteiger partial charge on any atom is 0.320 e. The summed E-state index contributed by atoms with van der Waals surface area (Å²) in [7, 11) is 0. The molecule has 18 heavy (non-hydrogen) atoms. The summed E-state index contributed by atoms with van der Waals surface area (Å²) < 4.78 is 4.93. The first kappa shape index (κ1) is 15.3. The SMILES string of the molecule is CCOC(=O)CN(CC)Cc1ccc(Cl)cc1Cl. The van der Waals surface area contributed by atoms with Gasteiger partial charge in [-0.2, -0.15) is 0 Å². The minimum Gasteiger partial charge on any atom is -0.465 e. The van der Waals surface area contributed by atoms with Crippen molar-refractivity contribution in [2.75, 3.05) is 19.7 Å². The molecule has 100 valence electrons. The molecule has 0 bridgehead atoms. The third-order valence-corrected chi connectivity index (χ3v) is 3.10. The van der Waals surface area contributed by atoms with Gasteiger partial charge in [-0.05, 0) is 31.2 Å². The van der Waals surface area contributed by atoms with Crippen LogP contribution in [-0.4, -0.2) is 30.6 Å². The number of hydrogen-bond acceptors (Lipinski definition) is 3. The van der Waals surface area contributed by atoms with Crippen LogP contribution < -0.4 is 0 Å². The highest BCUT2D eigenvalue weighted by Crippen LogP contribution is 2.22. The highest BCUT2D eigenvalue weighted by atomic mass is 35.5. The van der Waals surface area contributed by atoms with Crippen molar-refractivity contribution in [3.05, 3.63) is 33.8 Å². The minimum absolute atomic E-state index is 0.218. The Morgan fingerprint density at radius 1 is 1.33 bits per heavy atom. The molecule has 1 aromatic rings. The van der Waals surface area contributed by atoms with E-state index in [2.05, 4.69) is 0 Å². The maximum absolute atomic E-state index is 11.4. The zero-order valence-corrected chi connectivity index (χ0v) is 12.1. The monoisotopic (exact) mass is 289 g/mol. The van der Waals surface area contributed by atoms with Crippen LogP contribution in [-0.2, 0) is 16.1 Å². The van der Waals surface area contributed by atoms with Crippen LogP contribution in [0.1, 0.15) is 19.4 Å². The van der Waals surface area contributed by atoms with E-state index < -0.39 is 0 Å². The molecule has 0 aliphatic heterocycles. The highest BCUT2D eigenvalue weighted by Gasteiger charge is 2.12. The molecule has 0 N–H and O–H groups in total. The third kappa shape index (κ3) is 4.84. The predicted molar refractivity (Wildman–Crippen MR) is 74.0 cm³/mol. The second kappa shape index (κ2) is 7.62. The average molecular weight is 290 g/mol. The van der Waals surface area contributed by atoms with Gasteiger partial charge in [-0.1, -0.05) is 36.2 Å². The first-order valence-corrected chi connectivity index (χ1v) is 6.64. The predicted octanol–water partition coefficient (Wildman–Crippen LogP) is 3.38. The average Bonchev–Trinajstić information content (AvgIpc) is 2.31. The van der Waals surface area contributed by atoms with Crippen molar-refractivity contribution < 1.29 is 9.53 Å². The number of carbonyl (C=O) groups excluding carboxylic acids is 1. The molecule has 0 amide bonds. The molecule has 3 nitrogen and oxygen atoms in total. The van der Waals surface area contributed by atoms with Gasteiger partial charge in [0.05, 0.1) is 13.2 Å². The zero-order valence-electron chi connectivity index (χ0n) is 10.6. The molecular weight excluding hydrogens is 273 g/mol. The van der Waals surface area contributed by atoms with Crippen LogP contribution in [0.2, 0.25) is 10.0 Å². The molecule has 0 aromatic heterocycles. The highest BCUT2D eigenvalue weighted by molar-refractivity contribution is 6.35. The number of likely N-dealkylation sites (N-methyl/N-ethyl adjacent to an activating group) is 1. The molecule has 0 radical (unpaired) electrons. The van der Waals surface area contributed by atoms with E-state index in [0.29, 0.717) is 23.2 Å². The first-order valence-electron chi connectivity index (χ1n) is 5.88. The lowest BCUT2D eigenvalue weighted by atomic mass is 10.2. The summed E-state index contributed by atoms with van der Waals surface area (Å²) in [6.45, 7) is 5.80. The van der Waals surface area contributed by atoms with Crippen molar-refractivity contribution >= 4 is 29.2 Å². The summed E-state index contributed by atoms with van der Waals surface area (Å²) >= 11 is 11.9. The zero-order chi connectivity index (χ0) is 13.5. The molecule has 5 heteroatoms. The van der Waals surface area contributed by atoms with Crippen molar-refractivity contribution in [2.24, 2.45) is 0 Å². The van der Waals surface area contributed by atoms with Crippen LogP contribution in [0.25, 0.3) is 0 Å².